The second-order valence-corrected chi connectivity index (χ2v) is 8.23. The highest BCUT2D eigenvalue weighted by molar-refractivity contribution is 7.89. The van der Waals surface area contributed by atoms with E-state index in [9.17, 15) is 18.0 Å². The fraction of sp³-hybridized carbons (Fsp3) is 0.333. The van der Waals surface area contributed by atoms with Crippen molar-refractivity contribution in [3.63, 3.8) is 0 Å². The smallest absolute Gasteiger partial charge is 0.307 e. The molecule has 1 N–H and O–H groups in total. The Labute approximate surface area is 167 Å². The van der Waals surface area contributed by atoms with E-state index >= 15 is 0 Å². The van der Waals surface area contributed by atoms with Crippen LogP contribution in [-0.2, 0) is 33.2 Å². The maximum absolute atomic E-state index is 12.2. The van der Waals surface area contributed by atoms with E-state index in [0.717, 1.165) is 5.56 Å². The van der Waals surface area contributed by atoms with Crippen LogP contribution in [0.2, 0.25) is 0 Å². The molecule has 3 rings (SSSR count). The molecule has 3 heterocycles. The van der Waals surface area contributed by atoms with Gasteiger partial charge in [0.05, 0.1) is 12.1 Å². The lowest BCUT2D eigenvalue weighted by molar-refractivity contribution is -0.144. The number of ether oxygens (including phenoxy) is 1. The monoisotopic (exact) mass is 419 g/mol. The van der Waals surface area contributed by atoms with E-state index in [4.69, 9.17) is 4.74 Å². The lowest BCUT2D eigenvalue weighted by atomic mass is 10.3. The predicted molar refractivity (Wildman–Crippen MR) is 104 cm³/mol. The molecule has 29 heavy (non-hydrogen) atoms. The summed E-state index contributed by atoms with van der Waals surface area (Å²) >= 11 is 0. The first kappa shape index (κ1) is 20.7. The molecule has 0 atom stereocenters. The zero-order valence-electron chi connectivity index (χ0n) is 16.2. The molecular weight excluding hydrogens is 398 g/mol. The quantitative estimate of drug-likeness (QED) is 0.552. The number of nitrogens with zero attached hydrogens (tertiary/aromatic N) is 4. The molecule has 3 aromatic rings. The first-order valence-electron chi connectivity index (χ1n) is 8.80. The van der Waals surface area contributed by atoms with Gasteiger partial charge in [0.1, 0.15) is 18.1 Å². The van der Waals surface area contributed by atoms with Gasteiger partial charge < -0.3 is 9.30 Å². The summed E-state index contributed by atoms with van der Waals surface area (Å²) in [6.45, 7) is 3.20. The average Bonchev–Trinajstić information content (AvgIpc) is 3.00. The standard InChI is InChI=1S/C18H21N5O5S/c1-12-5-4-8-23-16(24)9-14(21-18(12)23)11-28-17(25)6-7-19-29(26,27)15-10-22(3)13(2)20-15/h4-5,8-10,19H,6-7,11H2,1-3H3. The number of hydrogen-bond donors (Lipinski definition) is 1. The number of aryl methyl sites for hydroxylation is 3. The van der Waals surface area contributed by atoms with Crippen LogP contribution in [-0.4, -0.2) is 39.9 Å². The third-order valence-electron chi connectivity index (χ3n) is 4.30. The lowest BCUT2D eigenvalue weighted by Crippen LogP contribution is -2.27. The largest absolute Gasteiger partial charge is 0.459 e. The van der Waals surface area contributed by atoms with Gasteiger partial charge in [-0.15, -0.1) is 0 Å². The summed E-state index contributed by atoms with van der Waals surface area (Å²) in [6, 6.07) is 4.87. The van der Waals surface area contributed by atoms with E-state index in [2.05, 4.69) is 14.7 Å². The van der Waals surface area contributed by atoms with Crippen molar-refractivity contribution in [2.75, 3.05) is 6.54 Å². The average molecular weight is 419 g/mol. The van der Waals surface area contributed by atoms with Gasteiger partial charge in [-0.05, 0) is 25.5 Å². The van der Waals surface area contributed by atoms with Gasteiger partial charge in [0.15, 0.2) is 5.03 Å². The SMILES string of the molecule is Cc1cccn2c(=O)cc(COC(=O)CCNS(=O)(=O)c3cn(C)c(C)n3)nc12. The van der Waals surface area contributed by atoms with Gasteiger partial charge >= 0.3 is 5.97 Å². The highest BCUT2D eigenvalue weighted by atomic mass is 32.2. The Morgan fingerprint density at radius 1 is 1.28 bits per heavy atom. The van der Waals surface area contributed by atoms with Crippen molar-refractivity contribution in [1.29, 1.82) is 0 Å². The van der Waals surface area contributed by atoms with Crippen LogP contribution in [0.3, 0.4) is 0 Å². The Kier molecular flexibility index (Phi) is 5.80. The van der Waals surface area contributed by atoms with E-state index in [1.54, 1.807) is 30.8 Å². The highest BCUT2D eigenvalue weighted by Crippen LogP contribution is 2.08. The van der Waals surface area contributed by atoms with Gasteiger partial charge in [0.2, 0.25) is 0 Å². The van der Waals surface area contributed by atoms with Crippen molar-refractivity contribution in [2.45, 2.75) is 31.9 Å². The summed E-state index contributed by atoms with van der Waals surface area (Å²) < 4.78 is 34.8. The van der Waals surface area contributed by atoms with Gasteiger partial charge in [-0.2, -0.15) is 0 Å². The topological polar surface area (TPSA) is 125 Å². The molecule has 0 spiro atoms. The van der Waals surface area contributed by atoms with Crippen LogP contribution in [0.1, 0.15) is 23.5 Å². The predicted octanol–water partition coefficient (Wildman–Crippen LogP) is 0.457. The molecular formula is C18H21N5O5S. The maximum Gasteiger partial charge on any atom is 0.307 e. The Hall–Kier alpha value is -3.05. The molecule has 0 saturated heterocycles. The van der Waals surface area contributed by atoms with E-state index in [1.165, 1.54) is 16.7 Å². The number of carbonyl (C=O) groups excluding carboxylic acids is 1. The van der Waals surface area contributed by atoms with Crippen LogP contribution < -0.4 is 10.3 Å². The number of carbonyl (C=O) groups is 1. The van der Waals surface area contributed by atoms with E-state index in [1.807, 2.05) is 13.0 Å². The number of pyridine rings is 1. The second kappa shape index (κ2) is 8.13. The van der Waals surface area contributed by atoms with Gasteiger partial charge in [-0.3, -0.25) is 14.0 Å². The van der Waals surface area contributed by atoms with Crippen LogP contribution >= 0.6 is 0 Å². The lowest BCUT2D eigenvalue weighted by Gasteiger charge is -2.08. The number of esters is 1. The minimum absolute atomic E-state index is 0.109. The molecule has 154 valence electrons. The third-order valence-corrected chi connectivity index (χ3v) is 5.63. The molecule has 0 fully saturated rings. The Morgan fingerprint density at radius 2 is 2.03 bits per heavy atom. The van der Waals surface area contributed by atoms with Crippen molar-refractivity contribution >= 4 is 21.6 Å². The minimum Gasteiger partial charge on any atom is -0.459 e. The second-order valence-electron chi connectivity index (χ2n) is 6.52. The fourth-order valence-electron chi connectivity index (χ4n) is 2.63. The van der Waals surface area contributed by atoms with Crippen LogP contribution in [0.15, 0.2) is 40.4 Å². The number of imidazole rings is 1. The Balaban J connectivity index is 1.56. The fourth-order valence-corrected chi connectivity index (χ4v) is 3.69. The van der Waals surface area contributed by atoms with Crippen molar-refractivity contribution in [3.05, 3.63) is 58.0 Å². The zero-order valence-corrected chi connectivity index (χ0v) is 17.1. The molecule has 11 heteroatoms. The Bertz CT molecular complexity index is 1210. The summed E-state index contributed by atoms with van der Waals surface area (Å²) in [6.07, 6.45) is 2.83. The van der Waals surface area contributed by atoms with Gasteiger partial charge in [0, 0.05) is 32.1 Å². The van der Waals surface area contributed by atoms with Crippen molar-refractivity contribution < 1.29 is 17.9 Å². The zero-order chi connectivity index (χ0) is 21.2. The number of sulfonamides is 1. The molecule has 0 aliphatic carbocycles. The molecule has 0 radical (unpaired) electrons. The van der Waals surface area contributed by atoms with Gasteiger partial charge in [-0.25, -0.2) is 23.1 Å². The summed E-state index contributed by atoms with van der Waals surface area (Å²) in [7, 11) is -2.12. The number of rotatable bonds is 7. The highest BCUT2D eigenvalue weighted by Gasteiger charge is 2.18. The van der Waals surface area contributed by atoms with Crippen molar-refractivity contribution in [1.82, 2.24) is 23.7 Å². The summed E-state index contributed by atoms with van der Waals surface area (Å²) in [4.78, 5) is 32.4. The number of aromatic nitrogens is 4. The first-order chi connectivity index (χ1) is 13.7. The molecule has 0 aliphatic rings. The van der Waals surface area contributed by atoms with Gasteiger partial charge in [0.25, 0.3) is 15.6 Å². The van der Waals surface area contributed by atoms with Crippen molar-refractivity contribution in [3.8, 4) is 0 Å². The minimum atomic E-state index is -3.81. The van der Waals surface area contributed by atoms with E-state index in [-0.39, 0.29) is 30.2 Å². The summed E-state index contributed by atoms with van der Waals surface area (Å²) in [5, 5.41) is -0.109. The Morgan fingerprint density at radius 3 is 2.72 bits per heavy atom. The summed E-state index contributed by atoms with van der Waals surface area (Å²) in [5.41, 5.74) is 1.35. The summed E-state index contributed by atoms with van der Waals surface area (Å²) in [5.74, 6) is -0.0597. The molecule has 0 bridgehead atoms. The first-order valence-corrected chi connectivity index (χ1v) is 10.3. The van der Waals surface area contributed by atoms with Crippen LogP contribution in [0, 0.1) is 13.8 Å². The van der Waals surface area contributed by atoms with E-state index < -0.39 is 16.0 Å². The van der Waals surface area contributed by atoms with Crippen LogP contribution in [0.4, 0.5) is 0 Å². The van der Waals surface area contributed by atoms with Gasteiger partial charge in [-0.1, -0.05) is 6.07 Å². The number of hydrogen-bond acceptors (Lipinski definition) is 7. The molecule has 10 nitrogen and oxygen atoms in total. The van der Waals surface area contributed by atoms with Crippen molar-refractivity contribution in [2.24, 2.45) is 7.05 Å². The van der Waals surface area contributed by atoms with E-state index in [0.29, 0.717) is 17.2 Å². The molecule has 0 aromatic carbocycles. The molecule has 0 aliphatic heterocycles. The van der Waals surface area contributed by atoms with Crippen LogP contribution in [0.5, 0.6) is 0 Å². The third kappa shape index (κ3) is 4.69. The molecule has 3 aromatic heterocycles. The number of nitrogens with one attached hydrogen (secondary N) is 1. The molecule has 0 unspecified atom stereocenters. The van der Waals surface area contributed by atoms with Crippen LogP contribution in [0.25, 0.3) is 5.65 Å². The number of fused-ring (bicyclic) bond motifs is 1. The maximum atomic E-state index is 12.2. The molecule has 0 saturated carbocycles. The normalized spacial score (nSPS) is 11.7. The molecule has 0 amide bonds.